The van der Waals surface area contributed by atoms with Gasteiger partial charge in [0, 0.05) is 34.3 Å². The first-order chi connectivity index (χ1) is 16.1. The molecule has 0 spiro atoms. The van der Waals surface area contributed by atoms with Crippen LogP contribution in [0, 0.1) is 0 Å². The van der Waals surface area contributed by atoms with Gasteiger partial charge in [0.05, 0.1) is 0 Å². The molecule has 0 saturated heterocycles. The van der Waals surface area contributed by atoms with Crippen molar-refractivity contribution in [1.82, 2.24) is 0 Å². The topological polar surface area (TPSA) is 24.1 Å². The van der Waals surface area contributed by atoms with Gasteiger partial charge >= 0.3 is 0 Å². The van der Waals surface area contributed by atoms with Gasteiger partial charge in [0.15, 0.2) is 0 Å². The van der Waals surface area contributed by atoms with Crippen molar-refractivity contribution in [2.75, 3.05) is 10.6 Å². The Morgan fingerprint density at radius 2 is 0.735 bits per heavy atom. The van der Waals surface area contributed by atoms with Crippen LogP contribution in [0.5, 0.6) is 0 Å². The molecule has 182 valence electrons. The number of hydrogen-bond donors (Lipinski definition) is 2. The molecule has 2 heteroatoms. The zero-order valence-corrected chi connectivity index (χ0v) is 22.5. The van der Waals surface area contributed by atoms with Gasteiger partial charge in [-0.25, -0.2) is 0 Å². The van der Waals surface area contributed by atoms with Crippen LogP contribution in [0.15, 0.2) is 72.8 Å². The molecule has 2 atom stereocenters. The van der Waals surface area contributed by atoms with Gasteiger partial charge in [0.1, 0.15) is 0 Å². The highest BCUT2D eigenvalue weighted by molar-refractivity contribution is 5.51. The summed E-state index contributed by atoms with van der Waals surface area (Å²) in [5.74, 6) is 0. The molecule has 0 radical (unpaired) electrons. The van der Waals surface area contributed by atoms with Crippen LogP contribution in [0.3, 0.4) is 0 Å². The van der Waals surface area contributed by atoms with E-state index in [0.717, 1.165) is 12.8 Å². The Kier molecular flexibility index (Phi) is 8.13. The summed E-state index contributed by atoms with van der Waals surface area (Å²) in [6.07, 6.45) is 2.24. The van der Waals surface area contributed by atoms with Crippen LogP contribution in [0.1, 0.15) is 90.5 Å². The molecular formula is C32H44N2. The molecule has 0 aliphatic carbocycles. The zero-order chi connectivity index (χ0) is 24.9. The lowest BCUT2D eigenvalue weighted by atomic mass is 9.74. The summed E-state index contributed by atoms with van der Waals surface area (Å²) in [6.45, 7) is 18.1. The van der Waals surface area contributed by atoms with Crippen molar-refractivity contribution in [1.29, 1.82) is 0 Å². The van der Waals surface area contributed by atoms with Gasteiger partial charge in [-0.2, -0.15) is 0 Å². The van der Waals surface area contributed by atoms with E-state index in [0.29, 0.717) is 12.1 Å². The summed E-state index contributed by atoms with van der Waals surface area (Å²) < 4.78 is 0. The van der Waals surface area contributed by atoms with Crippen molar-refractivity contribution in [3.63, 3.8) is 0 Å². The largest absolute Gasteiger partial charge is 0.383 e. The fourth-order valence-electron chi connectivity index (χ4n) is 4.38. The minimum absolute atomic E-state index is 0.0547. The predicted octanol–water partition coefficient (Wildman–Crippen LogP) is 8.76. The van der Waals surface area contributed by atoms with Crippen LogP contribution >= 0.6 is 0 Å². The first-order valence-corrected chi connectivity index (χ1v) is 12.9. The third-order valence-electron chi connectivity index (χ3n) is 7.59. The van der Waals surface area contributed by atoms with Crippen LogP contribution in [0.25, 0.3) is 0 Å². The highest BCUT2D eigenvalue weighted by Gasteiger charge is 2.26. The van der Waals surface area contributed by atoms with Crippen LogP contribution in [0.2, 0.25) is 0 Å². The van der Waals surface area contributed by atoms with Gasteiger partial charge in [-0.1, -0.05) is 90.1 Å². The van der Waals surface area contributed by atoms with Gasteiger partial charge in [-0.15, -0.1) is 0 Å². The molecule has 3 aromatic rings. The van der Waals surface area contributed by atoms with Crippen molar-refractivity contribution in [3.05, 3.63) is 95.1 Å². The van der Waals surface area contributed by atoms with Crippen LogP contribution in [-0.2, 0) is 10.8 Å². The lowest BCUT2D eigenvalue weighted by molar-refractivity contribution is 0.626. The van der Waals surface area contributed by atoms with E-state index in [1.54, 1.807) is 0 Å². The molecule has 0 saturated carbocycles. The van der Waals surface area contributed by atoms with E-state index in [4.69, 9.17) is 0 Å². The molecular weight excluding hydrogens is 412 g/mol. The van der Waals surface area contributed by atoms with Crippen LogP contribution < -0.4 is 10.6 Å². The van der Waals surface area contributed by atoms with Crippen molar-refractivity contribution < 1.29 is 0 Å². The van der Waals surface area contributed by atoms with E-state index in [1.165, 1.54) is 33.6 Å². The number of rotatable bonds is 10. The Hall–Kier alpha value is -2.74. The zero-order valence-electron chi connectivity index (χ0n) is 22.5. The normalized spacial score (nSPS) is 13.9. The van der Waals surface area contributed by atoms with Gasteiger partial charge < -0.3 is 10.6 Å². The molecule has 3 rings (SSSR count). The third kappa shape index (κ3) is 5.84. The first kappa shape index (κ1) is 25.9. The molecule has 0 aromatic heterocycles. The monoisotopic (exact) mass is 456 g/mol. The second-order valence-electron chi connectivity index (χ2n) is 10.9. The Morgan fingerprint density at radius 3 is 0.971 bits per heavy atom. The van der Waals surface area contributed by atoms with Crippen molar-refractivity contribution in [2.24, 2.45) is 0 Å². The summed E-state index contributed by atoms with van der Waals surface area (Å²) >= 11 is 0. The number of benzene rings is 3. The van der Waals surface area contributed by atoms with E-state index in [1.807, 2.05) is 0 Å². The molecule has 2 unspecified atom stereocenters. The Bertz CT molecular complexity index is 941. The van der Waals surface area contributed by atoms with Crippen molar-refractivity contribution in [3.8, 4) is 0 Å². The molecule has 2 nitrogen and oxygen atoms in total. The maximum Gasteiger partial charge on any atom is 0.0342 e. The minimum Gasteiger partial charge on any atom is -0.383 e. The molecule has 34 heavy (non-hydrogen) atoms. The Labute approximate surface area is 208 Å². The van der Waals surface area contributed by atoms with E-state index in [9.17, 15) is 0 Å². The molecule has 3 aromatic carbocycles. The molecule has 0 aliphatic rings. The minimum atomic E-state index is -0.0547. The molecule has 0 bridgehead atoms. The molecule has 0 amide bonds. The smallest absolute Gasteiger partial charge is 0.0342 e. The number of nitrogens with one attached hydrogen (secondary N) is 2. The van der Waals surface area contributed by atoms with Crippen molar-refractivity contribution in [2.45, 2.75) is 91.1 Å². The Balaban J connectivity index is 1.77. The number of hydrogen-bond acceptors (Lipinski definition) is 2. The van der Waals surface area contributed by atoms with E-state index >= 15 is 0 Å². The summed E-state index contributed by atoms with van der Waals surface area (Å²) in [5.41, 5.74) is 7.61. The average molecular weight is 457 g/mol. The van der Waals surface area contributed by atoms with E-state index in [2.05, 4.69) is 139 Å². The Morgan fingerprint density at radius 1 is 0.500 bits per heavy atom. The maximum atomic E-state index is 3.56. The predicted molar refractivity (Wildman–Crippen MR) is 150 cm³/mol. The molecule has 2 N–H and O–H groups in total. The van der Waals surface area contributed by atoms with Gasteiger partial charge in [-0.05, 0) is 73.2 Å². The fourth-order valence-corrected chi connectivity index (χ4v) is 4.38. The molecule has 0 fully saturated rings. The highest BCUT2D eigenvalue weighted by Crippen LogP contribution is 2.36. The lowest BCUT2D eigenvalue weighted by Crippen LogP contribution is -2.22. The standard InChI is InChI=1S/C32H44N2/c1-9-23(3)33-29-19-15-27(16-20-29)31(5,6)25-11-13-26(14-12-25)32(7,8)28-17-21-30(22-18-28)34-24(4)10-2/h11-24,33-34H,9-10H2,1-8H3. The maximum absolute atomic E-state index is 3.56. The second kappa shape index (κ2) is 10.7. The van der Waals surface area contributed by atoms with Crippen LogP contribution in [-0.4, -0.2) is 12.1 Å². The van der Waals surface area contributed by atoms with E-state index in [-0.39, 0.29) is 10.8 Å². The second-order valence-corrected chi connectivity index (χ2v) is 10.9. The van der Waals surface area contributed by atoms with Crippen LogP contribution in [0.4, 0.5) is 11.4 Å². The third-order valence-corrected chi connectivity index (χ3v) is 7.59. The van der Waals surface area contributed by atoms with Gasteiger partial charge in [0.2, 0.25) is 0 Å². The lowest BCUT2D eigenvalue weighted by Gasteiger charge is -2.30. The van der Waals surface area contributed by atoms with Crippen molar-refractivity contribution >= 4 is 11.4 Å². The number of anilines is 2. The fraction of sp³-hybridized carbons (Fsp3) is 0.438. The average Bonchev–Trinajstić information content (AvgIpc) is 2.84. The van der Waals surface area contributed by atoms with Gasteiger partial charge in [0.25, 0.3) is 0 Å². The summed E-state index contributed by atoms with van der Waals surface area (Å²) in [7, 11) is 0. The summed E-state index contributed by atoms with van der Waals surface area (Å²) in [4.78, 5) is 0. The van der Waals surface area contributed by atoms with E-state index < -0.39 is 0 Å². The van der Waals surface area contributed by atoms with Gasteiger partial charge in [-0.3, -0.25) is 0 Å². The highest BCUT2D eigenvalue weighted by atomic mass is 14.9. The SMILES string of the molecule is CCC(C)Nc1ccc(C(C)(C)c2ccc(C(C)(C)c3ccc(NC(C)CC)cc3)cc2)cc1. The summed E-state index contributed by atoms with van der Waals surface area (Å²) in [6, 6.07) is 28.1. The molecule has 0 aliphatic heterocycles. The quantitative estimate of drug-likeness (QED) is 0.318. The first-order valence-electron chi connectivity index (χ1n) is 12.9. The molecule has 0 heterocycles. The summed E-state index contributed by atoms with van der Waals surface area (Å²) in [5, 5.41) is 7.12.